The highest BCUT2D eigenvalue weighted by Crippen LogP contribution is 2.33. The minimum atomic E-state index is 0.197. The van der Waals surface area contributed by atoms with Crippen molar-refractivity contribution in [1.29, 1.82) is 0 Å². The molecule has 0 aliphatic rings. The summed E-state index contributed by atoms with van der Waals surface area (Å²) in [5.74, 6) is 0.544. The molecule has 0 aliphatic heterocycles. The summed E-state index contributed by atoms with van der Waals surface area (Å²) in [6.07, 6.45) is 3.25. The van der Waals surface area contributed by atoms with Gasteiger partial charge in [-0.25, -0.2) is 0 Å². The molecule has 2 nitrogen and oxygen atoms in total. The summed E-state index contributed by atoms with van der Waals surface area (Å²) >= 11 is 1.64. The molecule has 3 rings (SSSR count). The van der Waals surface area contributed by atoms with Crippen LogP contribution in [0.25, 0.3) is 11.1 Å². The fourth-order valence-corrected chi connectivity index (χ4v) is 4.66. The Morgan fingerprint density at radius 1 is 1.00 bits per heavy atom. The summed E-state index contributed by atoms with van der Waals surface area (Å²) in [5.41, 5.74) is 5.21. The van der Waals surface area contributed by atoms with Gasteiger partial charge < -0.3 is 5.11 Å². The van der Waals surface area contributed by atoms with Crippen molar-refractivity contribution in [3.8, 4) is 16.9 Å². The molecule has 1 aromatic heterocycles. The molecule has 0 fully saturated rings. The Kier molecular flexibility index (Phi) is 6.12. The van der Waals surface area contributed by atoms with Crippen molar-refractivity contribution >= 4 is 17.1 Å². The molecule has 0 radical (unpaired) electrons. The van der Waals surface area contributed by atoms with Crippen LogP contribution in [0.4, 0.5) is 0 Å². The standard InChI is InChI=1S/C24H26O2S/c1-4-8-22-20(19-9-6-5-7-10-19)15-23(27-22)21(25)12-11-18-13-16(2)24(26)17(3)14-18/h5-7,9-10,13-15,26H,4,8,11-12H2,1-3H3. The molecular formula is C24H26O2S. The molecule has 0 atom stereocenters. The van der Waals surface area contributed by atoms with Crippen LogP contribution in [0.5, 0.6) is 5.75 Å². The molecule has 0 amide bonds. The van der Waals surface area contributed by atoms with Crippen molar-refractivity contribution in [1.82, 2.24) is 0 Å². The molecule has 0 spiro atoms. The zero-order valence-electron chi connectivity index (χ0n) is 16.2. The average molecular weight is 379 g/mol. The Labute approximate surface area is 165 Å². The van der Waals surface area contributed by atoms with Gasteiger partial charge in [0.15, 0.2) is 5.78 Å². The highest BCUT2D eigenvalue weighted by atomic mass is 32.1. The molecule has 2 aromatic carbocycles. The summed E-state index contributed by atoms with van der Waals surface area (Å²) in [4.78, 5) is 15.0. The minimum Gasteiger partial charge on any atom is -0.507 e. The summed E-state index contributed by atoms with van der Waals surface area (Å²) < 4.78 is 0. The van der Waals surface area contributed by atoms with Gasteiger partial charge in [0, 0.05) is 11.3 Å². The van der Waals surface area contributed by atoms with Gasteiger partial charge in [0.25, 0.3) is 0 Å². The van der Waals surface area contributed by atoms with Crippen molar-refractivity contribution in [3.63, 3.8) is 0 Å². The van der Waals surface area contributed by atoms with Crippen molar-refractivity contribution < 1.29 is 9.90 Å². The summed E-state index contributed by atoms with van der Waals surface area (Å²) in [5, 5.41) is 9.91. The van der Waals surface area contributed by atoms with Crippen LogP contribution >= 0.6 is 11.3 Å². The van der Waals surface area contributed by atoms with E-state index in [4.69, 9.17) is 0 Å². The highest BCUT2D eigenvalue weighted by Gasteiger charge is 2.16. The van der Waals surface area contributed by atoms with Crippen LogP contribution in [0.3, 0.4) is 0 Å². The Morgan fingerprint density at radius 2 is 1.67 bits per heavy atom. The van der Waals surface area contributed by atoms with Crippen LogP contribution in [0.15, 0.2) is 48.5 Å². The maximum atomic E-state index is 12.8. The summed E-state index contributed by atoms with van der Waals surface area (Å²) in [6, 6.07) is 16.3. The first-order chi connectivity index (χ1) is 13.0. The van der Waals surface area contributed by atoms with Crippen molar-refractivity contribution in [2.75, 3.05) is 0 Å². The number of phenolic OH excluding ortho intramolecular Hbond substituents is 1. The SMILES string of the molecule is CCCc1sc(C(=O)CCc2cc(C)c(O)c(C)c2)cc1-c1ccccc1. The zero-order chi connectivity index (χ0) is 19.4. The number of carbonyl (C=O) groups excluding carboxylic acids is 1. The molecule has 0 unspecified atom stereocenters. The molecule has 1 N–H and O–H groups in total. The van der Waals surface area contributed by atoms with E-state index in [0.717, 1.165) is 34.4 Å². The van der Waals surface area contributed by atoms with Gasteiger partial charge >= 0.3 is 0 Å². The molecule has 0 aliphatic carbocycles. The minimum absolute atomic E-state index is 0.197. The van der Waals surface area contributed by atoms with Crippen molar-refractivity contribution in [2.24, 2.45) is 0 Å². The number of aryl methyl sites for hydroxylation is 4. The van der Waals surface area contributed by atoms with Crippen LogP contribution in [0, 0.1) is 13.8 Å². The van der Waals surface area contributed by atoms with Crippen LogP contribution in [-0.2, 0) is 12.8 Å². The predicted octanol–water partition coefficient (Wildman–Crippen LogP) is 6.51. The average Bonchev–Trinajstić information content (AvgIpc) is 3.09. The molecule has 140 valence electrons. The lowest BCUT2D eigenvalue weighted by Crippen LogP contribution is -1.99. The number of hydrogen-bond donors (Lipinski definition) is 1. The third kappa shape index (κ3) is 4.48. The number of benzene rings is 2. The van der Waals surface area contributed by atoms with Gasteiger partial charge in [0.2, 0.25) is 0 Å². The van der Waals surface area contributed by atoms with E-state index in [1.807, 2.05) is 44.2 Å². The third-order valence-corrected chi connectivity index (χ3v) is 6.07. The fraction of sp³-hybridized carbons (Fsp3) is 0.292. The number of carbonyl (C=O) groups is 1. The molecule has 0 bridgehead atoms. The fourth-order valence-electron chi connectivity index (χ4n) is 3.41. The topological polar surface area (TPSA) is 37.3 Å². The first kappa shape index (κ1) is 19.4. The third-order valence-electron chi connectivity index (χ3n) is 4.84. The molecule has 1 heterocycles. The highest BCUT2D eigenvalue weighted by molar-refractivity contribution is 7.14. The predicted molar refractivity (Wildman–Crippen MR) is 114 cm³/mol. The van der Waals surface area contributed by atoms with Crippen molar-refractivity contribution in [3.05, 3.63) is 75.0 Å². The summed E-state index contributed by atoms with van der Waals surface area (Å²) in [7, 11) is 0. The number of aromatic hydroxyl groups is 1. The molecule has 0 saturated carbocycles. The quantitative estimate of drug-likeness (QED) is 0.476. The van der Waals surface area contributed by atoms with Crippen LogP contribution in [0.1, 0.15) is 51.0 Å². The lowest BCUT2D eigenvalue weighted by molar-refractivity contribution is 0.0986. The largest absolute Gasteiger partial charge is 0.507 e. The number of hydrogen-bond acceptors (Lipinski definition) is 3. The Morgan fingerprint density at radius 3 is 2.30 bits per heavy atom. The van der Waals surface area contributed by atoms with Crippen LogP contribution in [0.2, 0.25) is 0 Å². The van der Waals surface area contributed by atoms with Gasteiger partial charge in [0.1, 0.15) is 5.75 Å². The Balaban J connectivity index is 1.79. The lowest BCUT2D eigenvalue weighted by Gasteiger charge is -2.07. The van der Waals surface area contributed by atoms with E-state index in [1.165, 1.54) is 16.0 Å². The second kappa shape index (κ2) is 8.53. The first-order valence-electron chi connectivity index (χ1n) is 9.50. The number of thiophene rings is 1. The van der Waals surface area contributed by atoms with E-state index in [9.17, 15) is 9.90 Å². The van der Waals surface area contributed by atoms with E-state index in [-0.39, 0.29) is 5.78 Å². The Hall–Kier alpha value is -2.39. The van der Waals surface area contributed by atoms with Gasteiger partial charge in [-0.2, -0.15) is 0 Å². The first-order valence-corrected chi connectivity index (χ1v) is 10.3. The number of rotatable bonds is 7. The number of ketones is 1. The molecular weight excluding hydrogens is 352 g/mol. The van der Waals surface area contributed by atoms with Crippen molar-refractivity contribution in [2.45, 2.75) is 46.5 Å². The van der Waals surface area contributed by atoms with E-state index in [1.54, 1.807) is 11.3 Å². The normalized spacial score (nSPS) is 10.9. The Bertz CT molecular complexity index is 915. The van der Waals surface area contributed by atoms with E-state index < -0.39 is 0 Å². The smallest absolute Gasteiger partial charge is 0.173 e. The second-order valence-electron chi connectivity index (χ2n) is 7.06. The zero-order valence-corrected chi connectivity index (χ0v) is 17.0. The maximum absolute atomic E-state index is 12.8. The van der Waals surface area contributed by atoms with Gasteiger partial charge in [-0.1, -0.05) is 55.8 Å². The monoisotopic (exact) mass is 378 g/mol. The molecule has 3 heteroatoms. The molecule has 3 aromatic rings. The van der Waals surface area contributed by atoms with E-state index >= 15 is 0 Å². The maximum Gasteiger partial charge on any atom is 0.173 e. The van der Waals surface area contributed by atoms with Crippen LogP contribution in [-0.4, -0.2) is 10.9 Å². The van der Waals surface area contributed by atoms with Crippen LogP contribution < -0.4 is 0 Å². The van der Waals surface area contributed by atoms with Gasteiger partial charge in [-0.05, 0) is 60.6 Å². The molecule has 27 heavy (non-hydrogen) atoms. The second-order valence-corrected chi connectivity index (χ2v) is 8.20. The summed E-state index contributed by atoms with van der Waals surface area (Å²) in [6.45, 7) is 5.97. The number of phenols is 1. The van der Waals surface area contributed by atoms with E-state index in [2.05, 4.69) is 25.1 Å². The van der Waals surface area contributed by atoms with Gasteiger partial charge in [-0.3, -0.25) is 4.79 Å². The van der Waals surface area contributed by atoms with E-state index in [0.29, 0.717) is 18.6 Å². The lowest BCUT2D eigenvalue weighted by atomic mass is 10.00. The molecule has 0 saturated heterocycles. The van der Waals surface area contributed by atoms with Gasteiger partial charge in [0.05, 0.1) is 4.88 Å². The number of Topliss-reactive ketones (excluding diaryl/α,β-unsaturated/α-hetero) is 1. The van der Waals surface area contributed by atoms with Gasteiger partial charge in [-0.15, -0.1) is 11.3 Å².